The summed E-state index contributed by atoms with van der Waals surface area (Å²) in [5.41, 5.74) is 1.34. The number of hydrogen-bond donors (Lipinski definition) is 1. The number of aryl methyl sites for hydroxylation is 1. The second-order valence-corrected chi connectivity index (χ2v) is 4.32. The van der Waals surface area contributed by atoms with E-state index in [-0.39, 0.29) is 0 Å². The van der Waals surface area contributed by atoms with Gasteiger partial charge < -0.3 is 14.6 Å². The molecule has 3 heteroatoms. The van der Waals surface area contributed by atoms with Gasteiger partial charge in [0.15, 0.2) is 0 Å². The molecule has 2 rings (SSSR count). The molecular formula is C13H18O3. The normalized spacial score (nSPS) is 19.4. The van der Waals surface area contributed by atoms with E-state index in [1.807, 2.05) is 25.1 Å². The van der Waals surface area contributed by atoms with Crippen LogP contribution in [0.15, 0.2) is 18.2 Å². The van der Waals surface area contributed by atoms with Crippen LogP contribution in [0.3, 0.4) is 0 Å². The van der Waals surface area contributed by atoms with E-state index in [1.165, 1.54) is 0 Å². The predicted molar refractivity (Wildman–Crippen MR) is 61.7 cm³/mol. The van der Waals surface area contributed by atoms with E-state index in [9.17, 15) is 5.11 Å². The van der Waals surface area contributed by atoms with Crippen LogP contribution in [0.1, 0.15) is 24.0 Å². The van der Waals surface area contributed by atoms with Crippen molar-refractivity contribution in [3.8, 4) is 5.75 Å². The van der Waals surface area contributed by atoms with Gasteiger partial charge in [-0.3, -0.25) is 0 Å². The summed E-state index contributed by atoms with van der Waals surface area (Å²) < 4.78 is 10.5. The van der Waals surface area contributed by atoms with Crippen LogP contribution in [-0.2, 0) is 10.3 Å². The molecule has 0 aromatic heterocycles. The molecule has 1 fully saturated rings. The van der Waals surface area contributed by atoms with Crippen molar-refractivity contribution in [3.63, 3.8) is 0 Å². The number of aliphatic hydroxyl groups is 1. The molecule has 1 aliphatic heterocycles. The lowest BCUT2D eigenvalue weighted by Crippen LogP contribution is -2.34. The summed E-state index contributed by atoms with van der Waals surface area (Å²) in [6.45, 7) is 3.26. The average Bonchev–Trinajstić information content (AvgIpc) is 2.29. The minimum Gasteiger partial charge on any atom is -0.497 e. The highest BCUT2D eigenvalue weighted by Crippen LogP contribution is 2.35. The van der Waals surface area contributed by atoms with E-state index in [0.29, 0.717) is 26.1 Å². The summed E-state index contributed by atoms with van der Waals surface area (Å²) in [4.78, 5) is 0. The minimum atomic E-state index is -0.728. The number of benzene rings is 1. The van der Waals surface area contributed by atoms with Crippen molar-refractivity contribution >= 4 is 0 Å². The number of methoxy groups -OCH3 is 1. The molecule has 0 radical (unpaired) electrons. The summed E-state index contributed by atoms with van der Waals surface area (Å²) in [6, 6.07) is 5.82. The monoisotopic (exact) mass is 222 g/mol. The highest BCUT2D eigenvalue weighted by molar-refractivity contribution is 5.38. The van der Waals surface area contributed by atoms with E-state index in [1.54, 1.807) is 7.11 Å². The first-order chi connectivity index (χ1) is 7.65. The Morgan fingerprint density at radius 2 is 2.00 bits per heavy atom. The average molecular weight is 222 g/mol. The number of hydrogen-bond acceptors (Lipinski definition) is 3. The molecule has 1 aromatic rings. The SMILES string of the molecule is COc1ccc(C2(O)CCOCC2)c(C)c1. The Labute approximate surface area is 96.0 Å². The van der Waals surface area contributed by atoms with Crippen LogP contribution in [0.4, 0.5) is 0 Å². The van der Waals surface area contributed by atoms with Crippen molar-refractivity contribution in [2.75, 3.05) is 20.3 Å². The number of ether oxygens (including phenoxy) is 2. The van der Waals surface area contributed by atoms with Crippen molar-refractivity contribution in [2.45, 2.75) is 25.4 Å². The number of rotatable bonds is 2. The van der Waals surface area contributed by atoms with Crippen LogP contribution in [-0.4, -0.2) is 25.4 Å². The zero-order valence-electron chi connectivity index (χ0n) is 9.82. The lowest BCUT2D eigenvalue weighted by atomic mass is 9.84. The molecule has 0 saturated carbocycles. The van der Waals surface area contributed by atoms with Crippen molar-refractivity contribution in [3.05, 3.63) is 29.3 Å². The smallest absolute Gasteiger partial charge is 0.119 e. The second-order valence-electron chi connectivity index (χ2n) is 4.32. The fourth-order valence-corrected chi connectivity index (χ4v) is 2.26. The van der Waals surface area contributed by atoms with Crippen molar-refractivity contribution < 1.29 is 14.6 Å². The van der Waals surface area contributed by atoms with Crippen molar-refractivity contribution in [2.24, 2.45) is 0 Å². The highest BCUT2D eigenvalue weighted by atomic mass is 16.5. The van der Waals surface area contributed by atoms with E-state index >= 15 is 0 Å². The van der Waals surface area contributed by atoms with Gasteiger partial charge in [0.1, 0.15) is 5.75 Å². The first kappa shape index (κ1) is 11.4. The molecule has 3 nitrogen and oxygen atoms in total. The van der Waals surface area contributed by atoms with Gasteiger partial charge >= 0.3 is 0 Å². The molecule has 0 aliphatic carbocycles. The van der Waals surface area contributed by atoms with Gasteiger partial charge in [-0.05, 0) is 30.2 Å². The molecule has 1 aliphatic rings. The fraction of sp³-hybridized carbons (Fsp3) is 0.538. The lowest BCUT2D eigenvalue weighted by molar-refractivity contribution is -0.0682. The molecule has 1 N–H and O–H groups in total. The van der Waals surface area contributed by atoms with Gasteiger partial charge in [0, 0.05) is 26.1 Å². The summed E-state index contributed by atoms with van der Waals surface area (Å²) in [7, 11) is 1.65. The molecule has 0 amide bonds. The zero-order chi connectivity index (χ0) is 11.6. The van der Waals surface area contributed by atoms with Gasteiger partial charge in [-0.15, -0.1) is 0 Å². The standard InChI is InChI=1S/C13H18O3/c1-10-9-11(15-2)3-4-12(10)13(14)5-7-16-8-6-13/h3-4,9,14H,5-8H2,1-2H3. The Bertz CT molecular complexity index is 367. The lowest BCUT2D eigenvalue weighted by Gasteiger charge is -2.33. The third-order valence-electron chi connectivity index (χ3n) is 3.25. The predicted octanol–water partition coefficient (Wildman–Crippen LogP) is 2.00. The Balaban J connectivity index is 2.32. The molecule has 0 unspecified atom stereocenters. The Morgan fingerprint density at radius 3 is 2.56 bits per heavy atom. The van der Waals surface area contributed by atoms with Crippen LogP contribution in [0, 0.1) is 6.92 Å². The topological polar surface area (TPSA) is 38.7 Å². The summed E-state index contributed by atoms with van der Waals surface area (Å²) in [5.74, 6) is 0.830. The van der Waals surface area contributed by atoms with Crippen LogP contribution >= 0.6 is 0 Å². The quantitative estimate of drug-likeness (QED) is 0.831. The first-order valence-corrected chi connectivity index (χ1v) is 5.61. The van der Waals surface area contributed by atoms with E-state index < -0.39 is 5.60 Å². The van der Waals surface area contributed by atoms with Gasteiger partial charge in [-0.1, -0.05) is 6.07 Å². The van der Waals surface area contributed by atoms with Gasteiger partial charge in [0.05, 0.1) is 12.7 Å². The van der Waals surface area contributed by atoms with E-state index in [0.717, 1.165) is 16.9 Å². The Morgan fingerprint density at radius 1 is 1.31 bits per heavy atom. The molecule has 1 saturated heterocycles. The maximum Gasteiger partial charge on any atom is 0.119 e. The fourth-order valence-electron chi connectivity index (χ4n) is 2.26. The van der Waals surface area contributed by atoms with Gasteiger partial charge in [-0.25, -0.2) is 0 Å². The first-order valence-electron chi connectivity index (χ1n) is 5.61. The minimum absolute atomic E-state index is 0.627. The molecule has 0 bridgehead atoms. The molecule has 1 aromatic carbocycles. The highest BCUT2D eigenvalue weighted by Gasteiger charge is 2.32. The van der Waals surface area contributed by atoms with E-state index in [4.69, 9.17) is 9.47 Å². The van der Waals surface area contributed by atoms with Crippen LogP contribution < -0.4 is 4.74 Å². The Hall–Kier alpha value is -1.06. The molecule has 16 heavy (non-hydrogen) atoms. The Kier molecular flexibility index (Phi) is 3.17. The zero-order valence-corrected chi connectivity index (χ0v) is 9.82. The maximum absolute atomic E-state index is 10.6. The maximum atomic E-state index is 10.6. The molecular weight excluding hydrogens is 204 g/mol. The van der Waals surface area contributed by atoms with Crippen LogP contribution in [0.5, 0.6) is 5.75 Å². The van der Waals surface area contributed by atoms with Crippen LogP contribution in [0.2, 0.25) is 0 Å². The third-order valence-corrected chi connectivity index (χ3v) is 3.25. The van der Waals surface area contributed by atoms with Gasteiger partial charge in [0.2, 0.25) is 0 Å². The van der Waals surface area contributed by atoms with Crippen molar-refractivity contribution in [1.29, 1.82) is 0 Å². The largest absolute Gasteiger partial charge is 0.497 e. The summed E-state index contributed by atoms with van der Waals surface area (Å²) in [6.07, 6.45) is 1.33. The molecule has 88 valence electrons. The van der Waals surface area contributed by atoms with Gasteiger partial charge in [-0.2, -0.15) is 0 Å². The van der Waals surface area contributed by atoms with E-state index in [2.05, 4.69) is 0 Å². The summed E-state index contributed by atoms with van der Waals surface area (Å²) in [5, 5.41) is 10.6. The second kappa shape index (κ2) is 4.44. The molecule has 0 spiro atoms. The van der Waals surface area contributed by atoms with Crippen molar-refractivity contribution in [1.82, 2.24) is 0 Å². The van der Waals surface area contributed by atoms with Crippen LogP contribution in [0.25, 0.3) is 0 Å². The third kappa shape index (κ3) is 2.06. The van der Waals surface area contributed by atoms with Gasteiger partial charge in [0.25, 0.3) is 0 Å². The summed E-state index contributed by atoms with van der Waals surface area (Å²) >= 11 is 0. The molecule has 0 atom stereocenters. The molecule has 1 heterocycles.